The monoisotopic (exact) mass is 122 g/mol. The highest BCUT2D eigenvalue weighted by atomic mass is 28.3. The Hall–Kier alpha value is 0.571. The molecule has 0 heterocycles. The molecule has 30 valence electrons. The molecule has 0 aromatic heterocycles. The predicted molar refractivity (Wildman–Crippen MR) is 27.8 cm³/mol. The third-order valence-electron chi connectivity index (χ3n) is 0.167. The lowest BCUT2D eigenvalue weighted by atomic mass is 15.8. The summed E-state index contributed by atoms with van der Waals surface area (Å²) >= 11 is 0. The van der Waals surface area contributed by atoms with Crippen molar-refractivity contribution in [2.24, 2.45) is 0 Å². The fourth-order valence-electron chi connectivity index (χ4n) is 0.0833. The summed E-state index contributed by atoms with van der Waals surface area (Å²) in [5.74, 6) is 0. The molecule has 0 aliphatic heterocycles. The zero-order valence-electron chi connectivity index (χ0n) is 3.32. The SMILES string of the molecule is [SiH3]O[Si]O[SiH3]. The molecule has 0 aromatic carbocycles. The van der Waals surface area contributed by atoms with Gasteiger partial charge in [0.25, 0.3) is 0 Å². The molecule has 0 saturated carbocycles. The van der Waals surface area contributed by atoms with Gasteiger partial charge in [-0.1, -0.05) is 0 Å². The Morgan fingerprint density at radius 1 is 1.20 bits per heavy atom. The van der Waals surface area contributed by atoms with E-state index < -0.39 is 0 Å². The predicted octanol–water partition coefficient (Wildman–Crippen LogP) is -2.89. The van der Waals surface area contributed by atoms with Crippen molar-refractivity contribution in [2.45, 2.75) is 0 Å². The lowest BCUT2D eigenvalue weighted by molar-refractivity contribution is 0.513. The van der Waals surface area contributed by atoms with Gasteiger partial charge in [0.2, 0.25) is 0 Å². The molecule has 5 heteroatoms. The van der Waals surface area contributed by atoms with Gasteiger partial charge in [0, 0.05) is 0 Å². The first kappa shape index (κ1) is 5.57. The van der Waals surface area contributed by atoms with Crippen LogP contribution < -0.4 is 0 Å². The van der Waals surface area contributed by atoms with Gasteiger partial charge < -0.3 is 8.23 Å². The molecule has 2 nitrogen and oxygen atoms in total. The molecule has 0 atom stereocenters. The molecular weight excluding hydrogens is 116 g/mol. The van der Waals surface area contributed by atoms with Crippen LogP contribution in [0.4, 0.5) is 0 Å². The molecule has 0 unspecified atom stereocenters. The fourth-order valence-corrected chi connectivity index (χ4v) is 2.25. The van der Waals surface area contributed by atoms with Crippen LogP contribution in [0.3, 0.4) is 0 Å². The molecule has 2 radical (unpaired) electrons. The number of hydrogen-bond acceptors (Lipinski definition) is 2. The molecule has 0 rings (SSSR count). The maximum Gasteiger partial charge on any atom is 0.408 e. The van der Waals surface area contributed by atoms with Crippen molar-refractivity contribution >= 4 is 31.0 Å². The highest BCUT2D eigenvalue weighted by molar-refractivity contribution is 6.33. The molecule has 0 aliphatic carbocycles. The largest absolute Gasteiger partial charge is 0.443 e. The molecule has 0 aromatic rings. The first-order valence-electron chi connectivity index (χ1n) is 1.22. The summed E-state index contributed by atoms with van der Waals surface area (Å²) in [6.45, 7) is 0. The smallest absolute Gasteiger partial charge is 0.408 e. The topological polar surface area (TPSA) is 18.5 Å². The van der Waals surface area contributed by atoms with Crippen molar-refractivity contribution in [1.82, 2.24) is 0 Å². The van der Waals surface area contributed by atoms with E-state index in [1.54, 1.807) is 0 Å². The van der Waals surface area contributed by atoms with E-state index in [2.05, 4.69) is 8.23 Å². The molecular formula is H6O2Si3. The summed E-state index contributed by atoms with van der Waals surface area (Å²) in [5.41, 5.74) is 0. The standard InChI is InChI=1S/H6O2Si3/c3-1-5-2-4/h3-4H3. The van der Waals surface area contributed by atoms with Gasteiger partial charge in [-0.05, 0) is 0 Å². The van der Waals surface area contributed by atoms with E-state index in [1.165, 1.54) is 0 Å². The Balaban J connectivity index is 2.19. The zero-order valence-corrected chi connectivity index (χ0v) is 8.32. The maximum absolute atomic E-state index is 4.67. The van der Waals surface area contributed by atoms with E-state index in [9.17, 15) is 0 Å². The molecule has 0 N–H and O–H groups in total. The lowest BCUT2D eigenvalue weighted by Crippen LogP contribution is -1.96. The minimum Gasteiger partial charge on any atom is -0.443 e. The van der Waals surface area contributed by atoms with E-state index in [-0.39, 0.29) is 0 Å². The minimum atomic E-state index is 0.321. The summed E-state index contributed by atoms with van der Waals surface area (Å²) < 4.78 is 9.34. The normalized spacial score (nSPS) is 9.60. The summed E-state index contributed by atoms with van der Waals surface area (Å²) in [5, 5.41) is 0. The summed E-state index contributed by atoms with van der Waals surface area (Å²) in [6.07, 6.45) is 0. The van der Waals surface area contributed by atoms with Crippen LogP contribution in [0.1, 0.15) is 0 Å². The van der Waals surface area contributed by atoms with Crippen molar-refractivity contribution in [1.29, 1.82) is 0 Å². The van der Waals surface area contributed by atoms with Crippen molar-refractivity contribution in [3.05, 3.63) is 0 Å². The molecule has 0 spiro atoms. The van der Waals surface area contributed by atoms with Crippen LogP contribution in [0.25, 0.3) is 0 Å². The van der Waals surface area contributed by atoms with Crippen molar-refractivity contribution in [3.63, 3.8) is 0 Å². The maximum atomic E-state index is 4.67. The Kier molecular flexibility index (Phi) is 5.09. The summed E-state index contributed by atoms with van der Waals surface area (Å²) in [7, 11) is 1.94. The first-order valence-corrected chi connectivity index (χ1v) is 3.67. The van der Waals surface area contributed by atoms with Crippen LogP contribution in [0.5, 0.6) is 0 Å². The molecule has 0 aliphatic rings. The Labute approximate surface area is 40.0 Å². The average molecular weight is 122 g/mol. The quantitative estimate of drug-likeness (QED) is 0.366. The third kappa shape index (κ3) is 4.57. The minimum absolute atomic E-state index is 0.321. The average Bonchev–Trinajstić information content (AvgIpc) is 1.41. The second-order valence-electron chi connectivity index (χ2n) is 0.492. The second-order valence-corrected chi connectivity index (χ2v) is 3.92. The highest BCUT2D eigenvalue weighted by Crippen LogP contribution is 1.52. The van der Waals surface area contributed by atoms with Crippen LogP contribution in [-0.2, 0) is 8.23 Å². The van der Waals surface area contributed by atoms with Crippen molar-refractivity contribution < 1.29 is 8.23 Å². The fraction of sp³-hybridized carbons (Fsp3) is 0. The molecule has 0 bridgehead atoms. The van der Waals surface area contributed by atoms with Crippen molar-refractivity contribution in [2.75, 3.05) is 0 Å². The first-order chi connectivity index (χ1) is 2.41. The van der Waals surface area contributed by atoms with E-state index in [0.29, 0.717) is 10.0 Å². The second kappa shape index (κ2) is 4.57. The van der Waals surface area contributed by atoms with Gasteiger partial charge >= 0.3 is 10.0 Å². The number of rotatable bonds is 2. The van der Waals surface area contributed by atoms with Gasteiger partial charge in [0.1, 0.15) is 21.0 Å². The Morgan fingerprint density at radius 3 is 1.60 bits per heavy atom. The molecule has 0 fully saturated rings. The van der Waals surface area contributed by atoms with Gasteiger partial charge in [-0.3, -0.25) is 0 Å². The van der Waals surface area contributed by atoms with Gasteiger partial charge in [-0.25, -0.2) is 0 Å². The van der Waals surface area contributed by atoms with Gasteiger partial charge in [0.15, 0.2) is 0 Å². The van der Waals surface area contributed by atoms with Gasteiger partial charge in [-0.2, -0.15) is 0 Å². The van der Waals surface area contributed by atoms with Crippen LogP contribution >= 0.6 is 0 Å². The van der Waals surface area contributed by atoms with E-state index >= 15 is 0 Å². The van der Waals surface area contributed by atoms with E-state index in [1.807, 2.05) is 0 Å². The van der Waals surface area contributed by atoms with Crippen LogP contribution in [0.2, 0.25) is 0 Å². The Morgan fingerprint density at radius 2 is 1.60 bits per heavy atom. The summed E-state index contributed by atoms with van der Waals surface area (Å²) in [4.78, 5) is 0. The highest BCUT2D eigenvalue weighted by Gasteiger charge is 1.72. The molecule has 0 amide bonds. The zero-order chi connectivity index (χ0) is 4.12. The van der Waals surface area contributed by atoms with E-state index in [0.717, 1.165) is 21.0 Å². The molecule has 0 saturated heterocycles. The van der Waals surface area contributed by atoms with Crippen LogP contribution in [-0.4, -0.2) is 31.0 Å². The Bertz CT molecular complexity index is 12.4. The lowest BCUT2D eigenvalue weighted by Gasteiger charge is -1.84. The third-order valence-corrected chi connectivity index (χ3v) is 1.50. The van der Waals surface area contributed by atoms with Gasteiger partial charge in [-0.15, -0.1) is 0 Å². The van der Waals surface area contributed by atoms with Gasteiger partial charge in [0.05, 0.1) is 0 Å². The number of hydrogen-bond donors (Lipinski definition) is 0. The van der Waals surface area contributed by atoms with Crippen LogP contribution in [0, 0.1) is 0 Å². The van der Waals surface area contributed by atoms with Crippen molar-refractivity contribution in [3.8, 4) is 0 Å². The van der Waals surface area contributed by atoms with E-state index in [4.69, 9.17) is 0 Å². The molecule has 5 heavy (non-hydrogen) atoms. The summed E-state index contributed by atoms with van der Waals surface area (Å²) in [6, 6.07) is 0. The van der Waals surface area contributed by atoms with Crippen LogP contribution in [0.15, 0.2) is 0 Å².